The van der Waals surface area contributed by atoms with Crippen LogP contribution in [0, 0.1) is 10.8 Å². The second-order valence-electron chi connectivity index (χ2n) is 8.22. The number of carbonyl (C=O) groups is 1. The molecule has 0 aliphatic heterocycles. The average molecular weight is 321 g/mol. The van der Waals surface area contributed by atoms with Crippen LogP contribution < -0.4 is 5.73 Å². The molecule has 130 valence electrons. The van der Waals surface area contributed by atoms with Crippen LogP contribution in [0.2, 0.25) is 0 Å². The van der Waals surface area contributed by atoms with Crippen LogP contribution in [0.3, 0.4) is 0 Å². The molecule has 0 saturated carbocycles. The molecular formula is C19H31NO3. The fraction of sp³-hybridized carbons (Fsp3) is 0.632. The largest absolute Gasteiger partial charge is 0.376 e. The molecule has 2 atom stereocenters. The minimum absolute atomic E-state index is 0.105. The van der Waals surface area contributed by atoms with E-state index in [9.17, 15) is 4.79 Å². The van der Waals surface area contributed by atoms with Gasteiger partial charge in [0.05, 0.1) is 12.2 Å². The molecular weight excluding hydrogens is 290 g/mol. The van der Waals surface area contributed by atoms with E-state index in [1.54, 1.807) is 14.2 Å². The van der Waals surface area contributed by atoms with E-state index < -0.39 is 5.91 Å². The van der Waals surface area contributed by atoms with Crippen molar-refractivity contribution in [1.82, 2.24) is 0 Å². The third kappa shape index (κ3) is 4.79. The van der Waals surface area contributed by atoms with Crippen molar-refractivity contribution in [2.45, 2.75) is 53.8 Å². The van der Waals surface area contributed by atoms with Gasteiger partial charge in [-0.25, -0.2) is 0 Å². The third-order valence-corrected chi connectivity index (χ3v) is 3.91. The van der Waals surface area contributed by atoms with Gasteiger partial charge >= 0.3 is 0 Å². The minimum atomic E-state index is -0.444. The summed E-state index contributed by atoms with van der Waals surface area (Å²) in [7, 11) is 3.37. The number of methoxy groups -OCH3 is 2. The van der Waals surface area contributed by atoms with E-state index in [-0.39, 0.29) is 23.0 Å². The lowest BCUT2D eigenvalue weighted by Gasteiger charge is -2.33. The Bertz CT molecular complexity index is 512. The molecule has 0 bridgehead atoms. The molecule has 0 fully saturated rings. The van der Waals surface area contributed by atoms with Gasteiger partial charge in [-0.2, -0.15) is 0 Å². The van der Waals surface area contributed by atoms with Gasteiger partial charge in [-0.1, -0.05) is 47.6 Å². The van der Waals surface area contributed by atoms with E-state index in [0.29, 0.717) is 5.56 Å². The Kier molecular flexibility index (Phi) is 6.00. The van der Waals surface area contributed by atoms with Crippen LogP contribution in [-0.4, -0.2) is 20.1 Å². The molecule has 0 aromatic heterocycles. The zero-order valence-corrected chi connectivity index (χ0v) is 15.7. The smallest absolute Gasteiger partial charge is 0.248 e. The lowest BCUT2D eigenvalue weighted by molar-refractivity contribution is 0.0100. The SMILES string of the molecule is COC(c1cc(C(N)=O)cc(C(OC)C(C)(C)C)c1)C(C)(C)C. The topological polar surface area (TPSA) is 61.5 Å². The summed E-state index contributed by atoms with van der Waals surface area (Å²) in [4.78, 5) is 11.8. The summed E-state index contributed by atoms with van der Waals surface area (Å²) in [6.07, 6.45) is -0.281. The molecule has 23 heavy (non-hydrogen) atoms. The van der Waals surface area contributed by atoms with Crippen molar-refractivity contribution in [3.05, 3.63) is 34.9 Å². The van der Waals surface area contributed by atoms with E-state index in [1.807, 2.05) is 12.1 Å². The van der Waals surface area contributed by atoms with Crippen LogP contribution in [0.4, 0.5) is 0 Å². The quantitative estimate of drug-likeness (QED) is 0.881. The van der Waals surface area contributed by atoms with E-state index in [0.717, 1.165) is 11.1 Å². The van der Waals surface area contributed by atoms with E-state index >= 15 is 0 Å². The van der Waals surface area contributed by atoms with Crippen LogP contribution in [-0.2, 0) is 9.47 Å². The number of benzene rings is 1. The van der Waals surface area contributed by atoms with Gasteiger partial charge in [0.25, 0.3) is 0 Å². The van der Waals surface area contributed by atoms with Gasteiger partial charge in [0.15, 0.2) is 0 Å². The first kappa shape index (κ1) is 19.7. The molecule has 2 N–H and O–H groups in total. The van der Waals surface area contributed by atoms with Crippen molar-refractivity contribution in [1.29, 1.82) is 0 Å². The number of ether oxygens (including phenoxy) is 2. The molecule has 0 radical (unpaired) electrons. The molecule has 4 heteroatoms. The highest BCUT2D eigenvalue weighted by molar-refractivity contribution is 5.93. The van der Waals surface area contributed by atoms with Crippen LogP contribution in [0.25, 0.3) is 0 Å². The van der Waals surface area contributed by atoms with Crippen LogP contribution in [0.1, 0.15) is 75.2 Å². The van der Waals surface area contributed by atoms with Crippen molar-refractivity contribution in [3.8, 4) is 0 Å². The number of primary amides is 1. The third-order valence-electron chi connectivity index (χ3n) is 3.91. The van der Waals surface area contributed by atoms with Gasteiger partial charge in [-0.15, -0.1) is 0 Å². The molecule has 2 unspecified atom stereocenters. The summed E-state index contributed by atoms with van der Waals surface area (Å²) < 4.78 is 11.4. The molecule has 1 amide bonds. The number of hydrogen-bond acceptors (Lipinski definition) is 3. The van der Waals surface area contributed by atoms with E-state index in [4.69, 9.17) is 15.2 Å². The summed E-state index contributed by atoms with van der Waals surface area (Å²) in [6, 6.07) is 5.70. The fourth-order valence-corrected chi connectivity index (χ4v) is 3.10. The van der Waals surface area contributed by atoms with Gasteiger partial charge < -0.3 is 15.2 Å². The molecule has 1 aromatic rings. The summed E-state index contributed by atoms with van der Waals surface area (Å²) in [5.41, 5.74) is 7.69. The van der Waals surface area contributed by atoms with Gasteiger partial charge in [0.1, 0.15) is 0 Å². The molecule has 1 rings (SSSR count). The first-order valence-electron chi connectivity index (χ1n) is 7.92. The molecule has 0 heterocycles. The van der Waals surface area contributed by atoms with Gasteiger partial charge in [-0.05, 0) is 34.1 Å². The number of carbonyl (C=O) groups excluding carboxylic acids is 1. The first-order valence-corrected chi connectivity index (χ1v) is 7.92. The second kappa shape index (κ2) is 7.02. The standard InChI is InChI=1S/C19H31NO3/c1-18(2,3)15(22-7)12-9-13(11-14(10-12)17(20)21)16(23-8)19(4,5)6/h9-11,15-16H,1-8H3,(H2,20,21). The number of amides is 1. The Morgan fingerprint density at radius 1 is 0.870 bits per heavy atom. The highest BCUT2D eigenvalue weighted by Gasteiger charge is 2.31. The fourth-order valence-electron chi connectivity index (χ4n) is 3.10. The zero-order chi connectivity index (χ0) is 18.0. The Morgan fingerprint density at radius 2 is 1.22 bits per heavy atom. The monoisotopic (exact) mass is 321 g/mol. The summed E-state index contributed by atoms with van der Waals surface area (Å²) >= 11 is 0. The Hall–Kier alpha value is -1.39. The van der Waals surface area contributed by atoms with Crippen molar-refractivity contribution >= 4 is 5.91 Å². The lowest BCUT2D eigenvalue weighted by atomic mass is 9.80. The maximum Gasteiger partial charge on any atom is 0.248 e. The Labute approximate surface area is 140 Å². The van der Waals surface area contributed by atoms with E-state index in [2.05, 4.69) is 47.6 Å². The van der Waals surface area contributed by atoms with Crippen molar-refractivity contribution in [2.75, 3.05) is 14.2 Å². The average Bonchev–Trinajstić information content (AvgIpc) is 2.36. The molecule has 1 aromatic carbocycles. The van der Waals surface area contributed by atoms with Crippen molar-refractivity contribution in [2.24, 2.45) is 16.6 Å². The van der Waals surface area contributed by atoms with Crippen molar-refractivity contribution in [3.63, 3.8) is 0 Å². The number of nitrogens with two attached hydrogens (primary N) is 1. The predicted octanol–water partition coefficient (Wildman–Crippen LogP) is 4.25. The lowest BCUT2D eigenvalue weighted by Crippen LogP contribution is -2.24. The van der Waals surface area contributed by atoms with Crippen LogP contribution >= 0.6 is 0 Å². The van der Waals surface area contributed by atoms with Crippen LogP contribution in [0.5, 0.6) is 0 Å². The Morgan fingerprint density at radius 3 is 1.43 bits per heavy atom. The number of hydrogen-bond donors (Lipinski definition) is 1. The first-order chi connectivity index (χ1) is 10.4. The van der Waals surface area contributed by atoms with Crippen molar-refractivity contribution < 1.29 is 14.3 Å². The van der Waals surface area contributed by atoms with Gasteiger partial charge in [0.2, 0.25) is 5.91 Å². The highest BCUT2D eigenvalue weighted by atomic mass is 16.5. The number of rotatable bonds is 5. The normalized spacial score (nSPS) is 15.3. The summed E-state index contributed by atoms with van der Waals surface area (Å²) in [5, 5.41) is 0. The Balaban J connectivity index is 3.53. The molecule has 0 aliphatic rings. The molecule has 4 nitrogen and oxygen atoms in total. The highest BCUT2D eigenvalue weighted by Crippen LogP contribution is 2.40. The van der Waals surface area contributed by atoms with Gasteiger partial charge in [-0.3, -0.25) is 4.79 Å². The summed E-state index contributed by atoms with van der Waals surface area (Å²) in [6.45, 7) is 12.6. The second-order valence-corrected chi connectivity index (χ2v) is 8.22. The molecule has 0 spiro atoms. The summed E-state index contributed by atoms with van der Waals surface area (Å²) in [5.74, 6) is -0.444. The van der Waals surface area contributed by atoms with Gasteiger partial charge in [0, 0.05) is 19.8 Å². The van der Waals surface area contributed by atoms with Crippen LogP contribution in [0.15, 0.2) is 18.2 Å². The molecule has 0 saturated heterocycles. The van der Waals surface area contributed by atoms with E-state index in [1.165, 1.54) is 0 Å². The zero-order valence-electron chi connectivity index (χ0n) is 15.7. The predicted molar refractivity (Wildman–Crippen MR) is 93.4 cm³/mol. The molecule has 0 aliphatic carbocycles. The maximum absolute atomic E-state index is 11.8. The maximum atomic E-state index is 11.8. The minimum Gasteiger partial charge on any atom is -0.376 e.